The van der Waals surface area contributed by atoms with E-state index >= 15 is 0 Å². The van der Waals surface area contributed by atoms with Crippen molar-refractivity contribution in [3.63, 3.8) is 0 Å². The molecular weight excluding hydrogens is 714 g/mol. The second kappa shape index (κ2) is 16.9. The molecule has 1 aliphatic rings. The third-order valence-electron chi connectivity index (χ3n) is 9.53. The normalized spacial score (nSPS) is 17.5. The molecule has 0 aliphatic carbocycles. The summed E-state index contributed by atoms with van der Waals surface area (Å²) in [7, 11) is -3.59. The molecule has 2 N–H and O–H groups in total. The number of carbonyl (C=O) groups excluding carboxylic acids is 2. The number of carboxylic acids is 1. The van der Waals surface area contributed by atoms with Gasteiger partial charge in [-0.15, -0.1) is 0 Å². The van der Waals surface area contributed by atoms with Gasteiger partial charge in [0.25, 0.3) is 14.2 Å². The topological polar surface area (TPSA) is 105 Å². The van der Waals surface area contributed by atoms with E-state index in [2.05, 4.69) is 0 Å². The zero-order chi connectivity index (χ0) is 39.1. The molecule has 0 fully saturated rings. The number of amides is 2. The summed E-state index contributed by atoms with van der Waals surface area (Å²) in [5, 5.41) is 13.0. The monoisotopic (exact) mass is 758 g/mol. The van der Waals surface area contributed by atoms with E-state index in [-0.39, 0.29) is 13.1 Å². The Bertz CT molecular complexity index is 1880. The lowest BCUT2D eigenvalue weighted by molar-refractivity contribution is -0.177. The Hall–Kier alpha value is -5.20. The molecule has 0 radical (unpaired) electrons. The van der Waals surface area contributed by atoms with Crippen molar-refractivity contribution in [3.05, 3.63) is 133 Å². The number of ether oxygens (including phenoxy) is 1. The zero-order valence-corrected chi connectivity index (χ0v) is 31.7. The minimum atomic E-state index is -5.32. The van der Waals surface area contributed by atoms with Crippen LogP contribution in [0.15, 0.2) is 127 Å². The van der Waals surface area contributed by atoms with Gasteiger partial charge in [-0.25, -0.2) is 4.79 Å². The van der Waals surface area contributed by atoms with Gasteiger partial charge in [0.05, 0.1) is 6.10 Å². The highest BCUT2D eigenvalue weighted by atomic mass is 28.4. The summed E-state index contributed by atoms with van der Waals surface area (Å²) >= 11 is 0. The summed E-state index contributed by atoms with van der Waals surface area (Å²) in [6, 6.07) is 34.3. The Morgan fingerprint density at radius 2 is 1.31 bits per heavy atom. The number of alkyl halides is 3. The van der Waals surface area contributed by atoms with Crippen LogP contribution in [0.3, 0.4) is 0 Å². The number of benzene rings is 4. The van der Waals surface area contributed by atoms with E-state index in [0.717, 1.165) is 33.1 Å². The minimum absolute atomic E-state index is 0.156. The lowest BCUT2D eigenvalue weighted by Crippen LogP contribution is -2.71. The van der Waals surface area contributed by atoms with Gasteiger partial charge in [-0.1, -0.05) is 143 Å². The molecule has 8 nitrogen and oxygen atoms in total. The van der Waals surface area contributed by atoms with Crippen LogP contribution in [0.2, 0.25) is 5.04 Å². The van der Waals surface area contributed by atoms with Gasteiger partial charge >= 0.3 is 18.1 Å². The van der Waals surface area contributed by atoms with Crippen molar-refractivity contribution in [2.45, 2.75) is 70.0 Å². The largest absolute Gasteiger partial charge is 0.475 e. The Kier molecular flexibility index (Phi) is 12.5. The third-order valence-corrected chi connectivity index (χ3v) is 14.6. The van der Waals surface area contributed by atoms with Gasteiger partial charge in [-0.05, 0) is 51.0 Å². The molecule has 284 valence electrons. The van der Waals surface area contributed by atoms with Crippen molar-refractivity contribution < 1.29 is 41.8 Å². The molecule has 3 atom stereocenters. The first-order valence-corrected chi connectivity index (χ1v) is 19.8. The number of halogens is 3. The first-order valence-electron chi connectivity index (χ1n) is 17.9. The van der Waals surface area contributed by atoms with Crippen LogP contribution >= 0.6 is 0 Å². The SMILES string of the molecule is CCCN(CCc1ccc(-c2ccccc2)cc1)C(=O)[C@@H]1OC(C(=O)O)=C[C@@H](O[Si](c2ccccc2)(c2ccccc2)C(C)(C)C)[C@H]1NC(=O)C(F)(F)F. The number of hydrogen-bond donors (Lipinski definition) is 2. The van der Waals surface area contributed by atoms with E-state index in [1.54, 1.807) is 0 Å². The fourth-order valence-corrected chi connectivity index (χ4v) is 11.6. The molecule has 0 bridgehead atoms. The molecule has 1 heterocycles. The summed E-state index contributed by atoms with van der Waals surface area (Å²) in [4.78, 5) is 41.2. The summed E-state index contributed by atoms with van der Waals surface area (Å²) in [5.74, 6) is -5.28. The van der Waals surface area contributed by atoms with Crippen LogP contribution < -0.4 is 15.7 Å². The molecule has 5 rings (SSSR count). The van der Waals surface area contributed by atoms with Crippen LogP contribution in [0.25, 0.3) is 11.1 Å². The van der Waals surface area contributed by atoms with Crippen molar-refractivity contribution in [2.24, 2.45) is 0 Å². The van der Waals surface area contributed by atoms with Crippen molar-refractivity contribution >= 4 is 36.5 Å². The highest BCUT2D eigenvalue weighted by molar-refractivity contribution is 6.99. The molecule has 0 aromatic heterocycles. The van der Waals surface area contributed by atoms with E-state index in [1.165, 1.54) is 4.90 Å². The Morgan fingerprint density at radius 1 is 0.796 bits per heavy atom. The molecular formula is C42H45F3N2O6Si. The van der Waals surface area contributed by atoms with E-state index in [1.807, 2.05) is 148 Å². The molecule has 54 heavy (non-hydrogen) atoms. The fraction of sp³-hybridized carbons (Fsp3) is 0.310. The lowest BCUT2D eigenvalue weighted by Gasteiger charge is -2.47. The van der Waals surface area contributed by atoms with Gasteiger partial charge in [0.1, 0.15) is 6.04 Å². The number of nitrogens with zero attached hydrogens (tertiary/aromatic N) is 1. The number of nitrogens with one attached hydrogen (secondary N) is 1. The van der Waals surface area contributed by atoms with Crippen LogP contribution in [0.1, 0.15) is 39.7 Å². The highest BCUT2D eigenvalue weighted by Crippen LogP contribution is 2.39. The van der Waals surface area contributed by atoms with Gasteiger partial charge in [-0.2, -0.15) is 13.2 Å². The van der Waals surface area contributed by atoms with Crippen LogP contribution in [0.4, 0.5) is 13.2 Å². The van der Waals surface area contributed by atoms with Crippen LogP contribution in [-0.4, -0.2) is 73.6 Å². The first kappa shape index (κ1) is 40.0. The van der Waals surface area contributed by atoms with E-state index in [0.29, 0.717) is 12.8 Å². The van der Waals surface area contributed by atoms with Crippen LogP contribution in [-0.2, 0) is 30.0 Å². The molecule has 0 saturated heterocycles. The molecule has 0 saturated carbocycles. The van der Waals surface area contributed by atoms with Crippen molar-refractivity contribution in [1.29, 1.82) is 0 Å². The number of hydrogen-bond acceptors (Lipinski definition) is 5. The lowest BCUT2D eigenvalue weighted by atomic mass is 9.98. The zero-order valence-electron chi connectivity index (χ0n) is 30.7. The fourth-order valence-electron chi connectivity index (χ4n) is 6.93. The smallest absolute Gasteiger partial charge is 0.471 e. The summed E-state index contributed by atoms with van der Waals surface area (Å²) < 4.78 is 54.7. The van der Waals surface area contributed by atoms with Gasteiger partial charge < -0.3 is 24.5 Å². The molecule has 1 aliphatic heterocycles. The van der Waals surface area contributed by atoms with Crippen LogP contribution in [0, 0.1) is 0 Å². The number of rotatable bonds is 13. The second-order valence-electron chi connectivity index (χ2n) is 14.3. The number of carboxylic acid groups (broad SMARTS) is 1. The molecule has 4 aromatic rings. The average Bonchev–Trinajstić information content (AvgIpc) is 3.16. The molecule has 0 spiro atoms. The molecule has 0 unspecified atom stereocenters. The third kappa shape index (κ3) is 8.94. The summed E-state index contributed by atoms with van der Waals surface area (Å²) in [6.45, 7) is 8.04. The van der Waals surface area contributed by atoms with Crippen molar-refractivity contribution in [1.82, 2.24) is 10.2 Å². The van der Waals surface area contributed by atoms with E-state index < -0.39 is 61.3 Å². The predicted octanol–water partition coefficient (Wildman–Crippen LogP) is 6.49. The maximum Gasteiger partial charge on any atom is 0.471 e. The van der Waals surface area contributed by atoms with Gasteiger partial charge in [0.15, 0.2) is 6.10 Å². The quantitative estimate of drug-likeness (QED) is 0.151. The van der Waals surface area contributed by atoms with Crippen LogP contribution in [0.5, 0.6) is 0 Å². The summed E-state index contributed by atoms with van der Waals surface area (Å²) in [6.07, 6.45) is -6.74. The van der Waals surface area contributed by atoms with Gasteiger partial charge in [0.2, 0.25) is 5.76 Å². The molecule has 2 amide bonds. The highest BCUT2D eigenvalue weighted by Gasteiger charge is 2.55. The van der Waals surface area contributed by atoms with Crippen molar-refractivity contribution in [3.8, 4) is 11.1 Å². The Morgan fingerprint density at radius 3 is 1.80 bits per heavy atom. The molecule has 4 aromatic carbocycles. The predicted molar refractivity (Wildman–Crippen MR) is 204 cm³/mol. The van der Waals surface area contributed by atoms with Crippen molar-refractivity contribution in [2.75, 3.05) is 13.1 Å². The van der Waals surface area contributed by atoms with Gasteiger partial charge in [0, 0.05) is 13.1 Å². The van der Waals surface area contributed by atoms with Gasteiger partial charge in [-0.3, -0.25) is 9.59 Å². The molecule has 12 heteroatoms. The summed E-state index contributed by atoms with van der Waals surface area (Å²) in [5.41, 5.74) is 2.97. The van der Waals surface area contributed by atoms with E-state index in [4.69, 9.17) is 9.16 Å². The maximum absolute atomic E-state index is 14.5. The first-order chi connectivity index (χ1) is 25.7. The Balaban J connectivity index is 1.55. The Labute approximate surface area is 314 Å². The standard InChI is InChI=1S/C42H45F3N2O6Si/c1-5-26-47(27-25-29-21-23-31(24-22-29)30-15-9-6-10-16-30)38(48)37-36(46-40(51)42(43,44)45)34(28-35(52-37)39(49)50)53-54(41(2,3)4,32-17-11-7-12-18-32)33-19-13-8-14-20-33/h6-24,28,34,36-37H,5,25-27H2,1-4H3,(H,46,51)(H,49,50)/t34-,36-,37-/m1/s1. The van der Waals surface area contributed by atoms with E-state index in [9.17, 15) is 32.7 Å². The number of carbonyl (C=O) groups is 3. The second-order valence-corrected chi connectivity index (χ2v) is 18.5. The average molecular weight is 759 g/mol. The maximum atomic E-state index is 14.5. The number of aliphatic carboxylic acids is 1. The minimum Gasteiger partial charge on any atom is -0.475 e.